The Labute approximate surface area is 48.0 Å². The van der Waals surface area contributed by atoms with Crippen LogP contribution < -0.4 is 9.32 Å². The third-order valence-electron chi connectivity index (χ3n) is 0. The number of rotatable bonds is 0. The molecule has 0 heterocycles. The van der Waals surface area contributed by atoms with Crippen LogP contribution in [0.4, 0.5) is 0 Å². The van der Waals surface area contributed by atoms with Gasteiger partial charge in [0, 0.05) is 0 Å². The van der Waals surface area contributed by atoms with Crippen molar-refractivity contribution in [3.63, 3.8) is 0 Å². The van der Waals surface area contributed by atoms with Crippen LogP contribution in [-0.4, -0.2) is 27.3 Å². The van der Waals surface area contributed by atoms with Crippen LogP contribution in [0.5, 0.6) is 0 Å². The summed E-state index contributed by atoms with van der Waals surface area (Å²) in [7, 11) is 0. The van der Waals surface area contributed by atoms with Gasteiger partial charge in [0.05, 0.1) is 11.3 Å². The Morgan fingerprint density at radius 3 is 1.25 bits per heavy atom. The van der Waals surface area contributed by atoms with Gasteiger partial charge in [0.1, 0.15) is 0 Å². The average Bonchev–Trinajstić information content (AvgIpc) is 0.918. The topological polar surface area (TPSA) is 46.1 Å². The molecule has 0 aromatic rings. The molecule has 0 spiro atoms. The van der Waals surface area contributed by atoms with Gasteiger partial charge in [-0.2, -0.15) is 0 Å². The SMILES string of the molecule is [O-][Cl+][O-].[Tl+]. The van der Waals surface area contributed by atoms with Crippen molar-refractivity contribution in [3.8, 4) is 0 Å². The van der Waals surface area contributed by atoms with Crippen LogP contribution >= 0.6 is 0 Å². The first-order chi connectivity index (χ1) is 1.41. The van der Waals surface area contributed by atoms with Crippen molar-refractivity contribution in [1.82, 2.24) is 0 Å². The number of hydrogen-bond acceptors (Lipinski definition) is 2. The Hall–Kier alpha value is 1.13. The molecule has 4 heteroatoms. The van der Waals surface area contributed by atoms with Gasteiger partial charge in [-0.15, -0.1) is 0 Å². The van der Waals surface area contributed by atoms with Gasteiger partial charge in [-0.25, -0.2) is 0 Å². The summed E-state index contributed by atoms with van der Waals surface area (Å²) in [5.41, 5.74) is 0. The fraction of sp³-hybridized carbons (Fsp3) is 0. The molecule has 2 nitrogen and oxygen atoms in total. The van der Waals surface area contributed by atoms with Gasteiger partial charge >= 0.3 is 27.3 Å². The summed E-state index contributed by atoms with van der Waals surface area (Å²) in [6.45, 7) is 0. The molecular weight excluding hydrogens is 272 g/mol. The van der Waals surface area contributed by atoms with E-state index in [2.05, 4.69) is 0 Å². The smallest absolute Gasteiger partial charge is 0.544 e. The van der Waals surface area contributed by atoms with Crippen LogP contribution in [0.15, 0.2) is 0 Å². The van der Waals surface area contributed by atoms with Crippen molar-refractivity contribution in [3.05, 3.63) is 0 Å². The monoisotopic (exact) mass is 272 g/mol. The largest absolute Gasteiger partial charge is 1.00 e. The molecular formula is ClO2Tl. The summed E-state index contributed by atoms with van der Waals surface area (Å²) in [4.78, 5) is 0. The molecule has 0 aliphatic heterocycles. The van der Waals surface area contributed by atoms with Crippen LogP contribution in [-0.2, 0) is 0 Å². The molecule has 0 amide bonds. The Bertz CT molecular complexity index is 6.00. The van der Waals surface area contributed by atoms with E-state index in [0.29, 0.717) is 0 Å². The van der Waals surface area contributed by atoms with E-state index in [1.807, 2.05) is 0 Å². The zero-order chi connectivity index (χ0) is 2.71. The van der Waals surface area contributed by atoms with Crippen LogP contribution in [0.3, 0.4) is 0 Å². The molecule has 0 unspecified atom stereocenters. The zero-order valence-electron chi connectivity index (χ0n) is 1.77. The maximum atomic E-state index is 8.24. The van der Waals surface area contributed by atoms with Gasteiger partial charge in [0.2, 0.25) is 0 Å². The summed E-state index contributed by atoms with van der Waals surface area (Å²) in [5, 5.41) is 0. The maximum absolute atomic E-state index is 8.24. The first-order valence-corrected chi connectivity index (χ1v) is 0.926. The molecule has 0 saturated carbocycles. The average molecular weight is 272 g/mol. The van der Waals surface area contributed by atoms with Gasteiger partial charge in [-0.05, 0) is 0 Å². The minimum absolute atomic E-state index is 0. The van der Waals surface area contributed by atoms with Crippen molar-refractivity contribution in [2.75, 3.05) is 0 Å². The molecule has 0 aromatic carbocycles. The normalized spacial score (nSPS) is 4.50. The zero-order valence-corrected chi connectivity index (χ0v) is 7.02. The molecule has 0 atom stereocenters. The summed E-state index contributed by atoms with van der Waals surface area (Å²) < 4.78 is 16.5. The van der Waals surface area contributed by atoms with Crippen molar-refractivity contribution in [1.29, 1.82) is 0 Å². The molecule has 0 radical (unpaired) electrons. The summed E-state index contributed by atoms with van der Waals surface area (Å²) in [6, 6.07) is 0. The second-order valence-electron chi connectivity index (χ2n) is 0.0630. The molecule has 0 fully saturated rings. The van der Waals surface area contributed by atoms with Gasteiger partial charge in [-0.3, -0.25) is 0 Å². The number of halogens is 1. The van der Waals surface area contributed by atoms with Crippen LogP contribution in [0.1, 0.15) is 0 Å². The van der Waals surface area contributed by atoms with Gasteiger partial charge < -0.3 is 9.32 Å². The summed E-state index contributed by atoms with van der Waals surface area (Å²) in [6.07, 6.45) is 0. The molecule has 0 N–H and O–H groups in total. The van der Waals surface area contributed by atoms with Gasteiger partial charge in [-0.1, -0.05) is 0 Å². The Morgan fingerprint density at radius 1 is 1.25 bits per heavy atom. The van der Waals surface area contributed by atoms with Crippen LogP contribution in [0.25, 0.3) is 0 Å². The third kappa shape index (κ3) is 11.1. The van der Waals surface area contributed by atoms with Gasteiger partial charge in [0.15, 0.2) is 0 Å². The van der Waals surface area contributed by atoms with E-state index in [1.165, 1.54) is 0 Å². The van der Waals surface area contributed by atoms with E-state index in [4.69, 9.17) is 9.32 Å². The fourth-order valence-corrected chi connectivity index (χ4v) is 0. The number of hydrogen-bond donors (Lipinski definition) is 0. The first-order valence-electron chi connectivity index (χ1n) is 0.309. The van der Waals surface area contributed by atoms with E-state index >= 15 is 0 Å². The van der Waals surface area contributed by atoms with E-state index in [0.717, 1.165) is 0 Å². The van der Waals surface area contributed by atoms with Crippen LogP contribution in [0.2, 0.25) is 0 Å². The molecule has 0 aliphatic carbocycles. The third-order valence-corrected chi connectivity index (χ3v) is 0. The fourth-order valence-electron chi connectivity index (χ4n) is 0. The predicted octanol–water partition coefficient (Wildman–Crippen LogP) is -2.76. The second kappa shape index (κ2) is 8.92. The van der Waals surface area contributed by atoms with E-state index in [1.54, 1.807) is 0 Å². The minimum Gasteiger partial charge on any atom is -0.544 e. The van der Waals surface area contributed by atoms with Crippen molar-refractivity contribution in [2.24, 2.45) is 0 Å². The van der Waals surface area contributed by atoms with E-state index in [9.17, 15) is 0 Å². The quantitative estimate of drug-likeness (QED) is 0.448. The standard InChI is InChI=1S/ClO2.Tl/c2-1-3;/q-1;+1. The molecule has 0 bridgehead atoms. The molecule has 0 saturated heterocycles. The predicted molar refractivity (Wildman–Crippen MR) is 5.75 cm³/mol. The molecule has 22 valence electrons. The summed E-state index contributed by atoms with van der Waals surface area (Å²) in [5.74, 6) is 0. The molecule has 0 rings (SSSR count). The van der Waals surface area contributed by atoms with Crippen LogP contribution in [0, 0.1) is 11.3 Å². The maximum Gasteiger partial charge on any atom is 1.00 e. The van der Waals surface area contributed by atoms with Gasteiger partial charge in [0.25, 0.3) is 0 Å². The molecule has 0 aromatic heterocycles. The van der Waals surface area contributed by atoms with Crippen molar-refractivity contribution < 1.29 is 20.6 Å². The Balaban J connectivity index is 0. The Kier molecular flexibility index (Phi) is 19.9. The molecule has 0 aliphatic rings. The molecule has 4 heavy (non-hydrogen) atoms. The Morgan fingerprint density at radius 2 is 1.25 bits per heavy atom. The van der Waals surface area contributed by atoms with E-state index < -0.39 is 11.3 Å². The van der Waals surface area contributed by atoms with Crippen molar-refractivity contribution >= 4 is 27.3 Å². The van der Waals surface area contributed by atoms with Crippen molar-refractivity contribution in [2.45, 2.75) is 0 Å². The first kappa shape index (κ1) is 8.93. The summed E-state index contributed by atoms with van der Waals surface area (Å²) >= 11 is -0.417. The minimum atomic E-state index is -0.417. The van der Waals surface area contributed by atoms with E-state index in [-0.39, 0.29) is 27.3 Å². The second-order valence-corrected chi connectivity index (χ2v) is 0.189.